The van der Waals surface area contributed by atoms with Crippen molar-refractivity contribution < 1.29 is 4.79 Å². The molecule has 0 saturated carbocycles. The Kier molecular flexibility index (Phi) is 4.22. The molecule has 2 rings (SSSR count). The predicted molar refractivity (Wildman–Crippen MR) is 79.9 cm³/mol. The lowest BCUT2D eigenvalue weighted by molar-refractivity contribution is 0.0946. The second-order valence-electron chi connectivity index (χ2n) is 4.57. The zero-order chi connectivity index (χ0) is 14.0. The molecule has 1 aromatic carbocycles. The van der Waals surface area contributed by atoms with Gasteiger partial charge in [-0.1, -0.05) is 23.7 Å². The van der Waals surface area contributed by atoms with E-state index in [0.29, 0.717) is 9.90 Å². The Morgan fingerprint density at radius 3 is 2.79 bits per heavy atom. The molecule has 0 spiro atoms. The zero-order valence-electron chi connectivity index (χ0n) is 11.0. The van der Waals surface area contributed by atoms with E-state index in [1.165, 1.54) is 11.3 Å². The van der Waals surface area contributed by atoms with Crippen molar-refractivity contribution in [3.63, 3.8) is 0 Å². The number of aromatic nitrogens is 1. The number of nitrogens with one attached hydrogen (secondary N) is 1. The van der Waals surface area contributed by atoms with Crippen LogP contribution < -0.4 is 5.32 Å². The summed E-state index contributed by atoms with van der Waals surface area (Å²) < 4.78 is 0. The summed E-state index contributed by atoms with van der Waals surface area (Å²) in [7, 11) is 0. The fourth-order valence-electron chi connectivity index (χ4n) is 1.68. The van der Waals surface area contributed by atoms with E-state index >= 15 is 0 Å². The van der Waals surface area contributed by atoms with Gasteiger partial charge in [-0.15, -0.1) is 11.3 Å². The monoisotopic (exact) mass is 294 g/mol. The van der Waals surface area contributed by atoms with Crippen molar-refractivity contribution in [3.05, 3.63) is 39.9 Å². The predicted octanol–water partition coefficient (Wildman–Crippen LogP) is 3.91. The summed E-state index contributed by atoms with van der Waals surface area (Å²) in [5.74, 6) is -0.0710. The van der Waals surface area contributed by atoms with Crippen LogP contribution in [0.5, 0.6) is 0 Å². The van der Waals surface area contributed by atoms with E-state index in [4.69, 9.17) is 11.6 Å². The number of rotatable bonds is 3. The van der Waals surface area contributed by atoms with Gasteiger partial charge in [0.2, 0.25) is 0 Å². The van der Waals surface area contributed by atoms with Crippen molar-refractivity contribution in [1.29, 1.82) is 0 Å². The van der Waals surface area contributed by atoms with Gasteiger partial charge < -0.3 is 5.32 Å². The van der Waals surface area contributed by atoms with Crippen LogP contribution >= 0.6 is 22.9 Å². The lowest BCUT2D eigenvalue weighted by Gasteiger charge is -2.06. The van der Waals surface area contributed by atoms with Gasteiger partial charge in [-0.3, -0.25) is 4.79 Å². The van der Waals surface area contributed by atoms with Gasteiger partial charge >= 0.3 is 0 Å². The number of carbonyl (C=O) groups is 1. The average Bonchev–Trinajstić information content (AvgIpc) is 2.70. The second-order valence-corrected chi connectivity index (χ2v) is 6.01. The summed E-state index contributed by atoms with van der Waals surface area (Å²) in [6.45, 7) is 5.72. The number of aryl methyl sites for hydroxylation is 1. The highest BCUT2D eigenvalue weighted by Gasteiger charge is 2.16. The molecule has 1 amide bonds. The number of amides is 1. The van der Waals surface area contributed by atoms with E-state index in [9.17, 15) is 4.79 Å². The smallest absolute Gasteiger partial charge is 0.263 e. The fraction of sp³-hybridized carbons (Fsp3) is 0.286. The molecule has 2 aromatic rings. The number of hydrogen-bond donors (Lipinski definition) is 1. The third kappa shape index (κ3) is 3.33. The Bertz CT molecular complexity index is 607. The average molecular weight is 295 g/mol. The molecule has 19 heavy (non-hydrogen) atoms. The Morgan fingerprint density at radius 1 is 1.42 bits per heavy atom. The van der Waals surface area contributed by atoms with Gasteiger partial charge in [0, 0.05) is 16.6 Å². The molecule has 0 unspecified atom stereocenters. The third-order valence-electron chi connectivity index (χ3n) is 2.49. The highest BCUT2D eigenvalue weighted by Crippen LogP contribution is 2.29. The Labute approximate surface area is 121 Å². The van der Waals surface area contributed by atoms with Crippen LogP contribution in [0.4, 0.5) is 0 Å². The molecule has 0 atom stereocenters. The van der Waals surface area contributed by atoms with E-state index in [-0.39, 0.29) is 11.9 Å². The number of carbonyl (C=O) groups excluding carboxylic acids is 1. The van der Waals surface area contributed by atoms with Crippen LogP contribution in [0.2, 0.25) is 5.02 Å². The van der Waals surface area contributed by atoms with E-state index in [1.54, 1.807) is 0 Å². The SMILES string of the molecule is Cc1nc(-c2cccc(Cl)c2)sc1C(=O)NC(C)C. The van der Waals surface area contributed by atoms with Gasteiger partial charge in [0.1, 0.15) is 9.88 Å². The standard InChI is InChI=1S/C14H15ClN2OS/c1-8(2)16-13(18)12-9(3)17-14(19-12)10-5-4-6-11(15)7-10/h4-8H,1-3H3,(H,16,18). The molecule has 5 heteroatoms. The Hall–Kier alpha value is -1.39. The number of hydrogen-bond acceptors (Lipinski definition) is 3. The summed E-state index contributed by atoms with van der Waals surface area (Å²) in [5.41, 5.74) is 1.68. The number of halogens is 1. The third-order valence-corrected chi connectivity index (χ3v) is 3.93. The molecule has 0 aliphatic rings. The maximum atomic E-state index is 12.0. The maximum Gasteiger partial charge on any atom is 0.263 e. The van der Waals surface area contributed by atoms with Crippen molar-refractivity contribution in [2.24, 2.45) is 0 Å². The highest BCUT2D eigenvalue weighted by molar-refractivity contribution is 7.17. The topological polar surface area (TPSA) is 42.0 Å². The fourth-order valence-corrected chi connectivity index (χ4v) is 2.84. The van der Waals surface area contributed by atoms with Crippen LogP contribution in [0.15, 0.2) is 24.3 Å². The Balaban J connectivity index is 2.33. The summed E-state index contributed by atoms with van der Waals surface area (Å²) in [6, 6.07) is 7.60. The van der Waals surface area contributed by atoms with Gasteiger partial charge in [-0.25, -0.2) is 4.98 Å². The molecule has 0 fully saturated rings. The molecule has 0 bridgehead atoms. The Morgan fingerprint density at radius 2 is 2.16 bits per heavy atom. The molecular formula is C14H15ClN2OS. The number of thiazole rings is 1. The van der Waals surface area contributed by atoms with E-state index in [2.05, 4.69) is 10.3 Å². The minimum atomic E-state index is -0.0710. The molecule has 0 aliphatic heterocycles. The quantitative estimate of drug-likeness (QED) is 0.932. The van der Waals surface area contributed by atoms with Gasteiger partial charge in [-0.2, -0.15) is 0 Å². The summed E-state index contributed by atoms with van der Waals surface area (Å²) in [4.78, 5) is 17.1. The molecule has 3 nitrogen and oxygen atoms in total. The van der Waals surface area contributed by atoms with Crippen molar-refractivity contribution in [2.45, 2.75) is 26.8 Å². The molecule has 0 aliphatic carbocycles. The molecule has 1 N–H and O–H groups in total. The minimum absolute atomic E-state index is 0.0710. The summed E-state index contributed by atoms with van der Waals surface area (Å²) in [5, 5.41) is 4.36. The molecule has 100 valence electrons. The van der Waals surface area contributed by atoms with Crippen molar-refractivity contribution in [3.8, 4) is 10.6 Å². The van der Waals surface area contributed by atoms with Gasteiger partial charge in [-0.05, 0) is 32.9 Å². The highest BCUT2D eigenvalue weighted by atomic mass is 35.5. The van der Waals surface area contributed by atoms with Crippen LogP contribution in [0.1, 0.15) is 29.2 Å². The summed E-state index contributed by atoms with van der Waals surface area (Å²) >= 11 is 7.36. The van der Waals surface area contributed by atoms with Crippen LogP contribution in [-0.4, -0.2) is 16.9 Å². The first kappa shape index (κ1) is 14.0. The molecular weight excluding hydrogens is 280 g/mol. The first-order chi connectivity index (χ1) is 8.97. The zero-order valence-corrected chi connectivity index (χ0v) is 12.6. The molecule has 1 aromatic heterocycles. The van der Waals surface area contributed by atoms with Crippen LogP contribution in [0, 0.1) is 6.92 Å². The van der Waals surface area contributed by atoms with Gasteiger partial charge in [0.25, 0.3) is 5.91 Å². The maximum absolute atomic E-state index is 12.0. The van der Waals surface area contributed by atoms with E-state index in [0.717, 1.165) is 16.3 Å². The lowest BCUT2D eigenvalue weighted by Crippen LogP contribution is -2.29. The van der Waals surface area contributed by atoms with Crippen molar-refractivity contribution in [2.75, 3.05) is 0 Å². The lowest BCUT2D eigenvalue weighted by atomic mass is 10.2. The van der Waals surface area contributed by atoms with Crippen LogP contribution in [-0.2, 0) is 0 Å². The largest absolute Gasteiger partial charge is 0.349 e. The minimum Gasteiger partial charge on any atom is -0.349 e. The van der Waals surface area contributed by atoms with E-state index in [1.807, 2.05) is 45.0 Å². The van der Waals surface area contributed by atoms with Crippen LogP contribution in [0.25, 0.3) is 10.6 Å². The van der Waals surface area contributed by atoms with Crippen LogP contribution in [0.3, 0.4) is 0 Å². The van der Waals surface area contributed by atoms with Crippen molar-refractivity contribution in [1.82, 2.24) is 10.3 Å². The number of nitrogens with zero attached hydrogens (tertiary/aromatic N) is 1. The molecule has 0 saturated heterocycles. The van der Waals surface area contributed by atoms with Gasteiger partial charge in [0.05, 0.1) is 5.69 Å². The second kappa shape index (κ2) is 5.72. The number of benzene rings is 1. The van der Waals surface area contributed by atoms with Crippen molar-refractivity contribution >= 4 is 28.8 Å². The molecule has 1 heterocycles. The first-order valence-electron chi connectivity index (χ1n) is 6.01. The summed E-state index contributed by atoms with van der Waals surface area (Å²) in [6.07, 6.45) is 0. The first-order valence-corrected chi connectivity index (χ1v) is 7.21. The van der Waals surface area contributed by atoms with E-state index < -0.39 is 0 Å². The van der Waals surface area contributed by atoms with Gasteiger partial charge in [0.15, 0.2) is 0 Å². The molecule has 0 radical (unpaired) electrons. The normalized spacial score (nSPS) is 10.8.